The third-order valence-electron chi connectivity index (χ3n) is 3.17. The number of aliphatic imine (C=N–C) groups is 1. The first-order chi connectivity index (χ1) is 11.3. The van der Waals surface area contributed by atoms with E-state index in [4.69, 9.17) is 0 Å². The van der Waals surface area contributed by atoms with Crippen LogP contribution in [0.3, 0.4) is 0 Å². The molecule has 0 amide bonds. The van der Waals surface area contributed by atoms with Gasteiger partial charge in [-0.1, -0.05) is 0 Å². The summed E-state index contributed by atoms with van der Waals surface area (Å²) in [7, 11) is -3.53. The number of rotatable bonds is 9. The molecular formula is C15H27N5O2S2. The van der Waals surface area contributed by atoms with Gasteiger partial charge in [0.15, 0.2) is 5.96 Å². The first kappa shape index (κ1) is 20.7. The second-order valence-corrected chi connectivity index (χ2v) is 8.95. The van der Waals surface area contributed by atoms with Gasteiger partial charge in [0, 0.05) is 36.8 Å². The number of sulfonamides is 1. The van der Waals surface area contributed by atoms with Gasteiger partial charge in [0.25, 0.3) is 0 Å². The lowest BCUT2D eigenvalue weighted by molar-refractivity contribution is 0.580. The molecule has 0 saturated heterocycles. The Balaban J connectivity index is 2.50. The molecule has 0 fully saturated rings. The van der Waals surface area contributed by atoms with Crippen LogP contribution in [0.4, 0.5) is 0 Å². The quantitative estimate of drug-likeness (QED) is 0.340. The van der Waals surface area contributed by atoms with E-state index in [2.05, 4.69) is 45.4 Å². The van der Waals surface area contributed by atoms with Crippen LogP contribution < -0.4 is 15.4 Å². The lowest BCUT2D eigenvalue weighted by Gasteiger charge is -2.20. The van der Waals surface area contributed by atoms with Crippen LogP contribution in [0, 0.1) is 0 Å². The monoisotopic (exact) mass is 373 g/mol. The summed E-state index contributed by atoms with van der Waals surface area (Å²) >= 11 is 1.76. The van der Waals surface area contributed by atoms with E-state index in [0.29, 0.717) is 19.0 Å². The summed E-state index contributed by atoms with van der Waals surface area (Å²) in [5.41, 5.74) is 0. The number of hydrogen-bond acceptors (Lipinski definition) is 5. The van der Waals surface area contributed by atoms with Crippen LogP contribution in [-0.2, 0) is 10.0 Å². The van der Waals surface area contributed by atoms with Gasteiger partial charge in [-0.15, -0.1) is 0 Å². The molecule has 0 unspecified atom stereocenters. The predicted molar refractivity (Wildman–Crippen MR) is 101 cm³/mol. The first-order valence-electron chi connectivity index (χ1n) is 7.78. The maximum Gasteiger partial charge on any atom is 0.242 e. The van der Waals surface area contributed by atoms with E-state index in [0.717, 1.165) is 6.54 Å². The highest BCUT2D eigenvalue weighted by Crippen LogP contribution is 2.20. The number of pyridine rings is 1. The second-order valence-electron chi connectivity index (χ2n) is 5.67. The summed E-state index contributed by atoms with van der Waals surface area (Å²) < 4.78 is 26.7. The molecule has 1 rings (SSSR count). The van der Waals surface area contributed by atoms with Crippen LogP contribution in [0.1, 0.15) is 20.8 Å². The molecule has 7 nitrogen and oxygen atoms in total. The highest BCUT2D eigenvalue weighted by molar-refractivity contribution is 7.99. The Morgan fingerprint density at radius 3 is 2.67 bits per heavy atom. The minimum Gasteiger partial charge on any atom is -0.357 e. The molecule has 0 bridgehead atoms. The van der Waals surface area contributed by atoms with E-state index in [1.54, 1.807) is 17.8 Å². The van der Waals surface area contributed by atoms with Crippen molar-refractivity contribution in [2.75, 3.05) is 32.4 Å². The van der Waals surface area contributed by atoms with Crippen LogP contribution in [0.2, 0.25) is 0 Å². The SMILES string of the molecule is CCNC(=NCC(C)(C)SC)NCCNS(=O)(=O)c1cccnc1. The molecule has 1 aromatic heterocycles. The highest BCUT2D eigenvalue weighted by Gasteiger charge is 2.15. The van der Waals surface area contributed by atoms with Crippen LogP contribution in [-0.4, -0.2) is 56.5 Å². The maximum atomic E-state index is 12.1. The van der Waals surface area contributed by atoms with Gasteiger partial charge in [-0.05, 0) is 39.2 Å². The van der Waals surface area contributed by atoms with E-state index in [1.807, 2.05) is 6.92 Å². The van der Waals surface area contributed by atoms with Crippen molar-refractivity contribution in [1.29, 1.82) is 0 Å². The third-order valence-corrected chi connectivity index (χ3v) is 5.85. The molecule has 1 heterocycles. The summed E-state index contributed by atoms with van der Waals surface area (Å²) in [4.78, 5) is 8.52. The van der Waals surface area contributed by atoms with Crippen molar-refractivity contribution < 1.29 is 8.42 Å². The summed E-state index contributed by atoms with van der Waals surface area (Å²) in [6, 6.07) is 3.11. The smallest absolute Gasteiger partial charge is 0.242 e. The number of guanidine groups is 1. The van der Waals surface area contributed by atoms with E-state index in [9.17, 15) is 8.42 Å². The Hall–Kier alpha value is -1.32. The zero-order valence-corrected chi connectivity index (χ0v) is 16.3. The van der Waals surface area contributed by atoms with Gasteiger partial charge < -0.3 is 10.6 Å². The van der Waals surface area contributed by atoms with E-state index >= 15 is 0 Å². The van der Waals surface area contributed by atoms with Gasteiger partial charge in [-0.2, -0.15) is 11.8 Å². The van der Waals surface area contributed by atoms with Crippen molar-refractivity contribution in [3.05, 3.63) is 24.5 Å². The zero-order valence-electron chi connectivity index (χ0n) is 14.7. The molecule has 0 saturated carbocycles. The molecule has 0 radical (unpaired) electrons. The molecule has 0 aliphatic carbocycles. The molecule has 0 aromatic carbocycles. The highest BCUT2D eigenvalue weighted by atomic mass is 32.2. The lowest BCUT2D eigenvalue weighted by Crippen LogP contribution is -2.42. The van der Waals surface area contributed by atoms with E-state index in [-0.39, 0.29) is 16.2 Å². The Labute approximate surface area is 149 Å². The van der Waals surface area contributed by atoms with Gasteiger partial charge in [-0.25, -0.2) is 13.1 Å². The molecule has 24 heavy (non-hydrogen) atoms. The molecular weight excluding hydrogens is 346 g/mol. The van der Waals surface area contributed by atoms with Crippen LogP contribution in [0.25, 0.3) is 0 Å². The molecule has 0 atom stereocenters. The maximum absolute atomic E-state index is 12.1. The van der Waals surface area contributed by atoms with Crippen LogP contribution >= 0.6 is 11.8 Å². The second kappa shape index (κ2) is 9.85. The Morgan fingerprint density at radius 2 is 2.08 bits per heavy atom. The average Bonchev–Trinajstić information content (AvgIpc) is 2.57. The largest absolute Gasteiger partial charge is 0.357 e. The zero-order chi connectivity index (χ0) is 18.1. The number of nitrogens with one attached hydrogen (secondary N) is 3. The Morgan fingerprint density at radius 1 is 1.33 bits per heavy atom. The summed E-state index contributed by atoms with van der Waals surface area (Å²) in [6.45, 7) is 8.36. The first-order valence-corrected chi connectivity index (χ1v) is 10.5. The van der Waals surface area contributed by atoms with Gasteiger partial charge in [0.2, 0.25) is 10.0 Å². The third kappa shape index (κ3) is 7.50. The molecule has 9 heteroatoms. The van der Waals surface area contributed by atoms with Crippen molar-refractivity contribution in [3.8, 4) is 0 Å². The summed E-state index contributed by atoms with van der Waals surface area (Å²) in [6.07, 6.45) is 4.92. The van der Waals surface area contributed by atoms with Gasteiger partial charge in [0.05, 0.1) is 6.54 Å². The van der Waals surface area contributed by atoms with Gasteiger partial charge in [0.1, 0.15) is 4.90 Å². The Bertz CT molecular complexity index is 618. The van der Waals surface area contributed by atoms with Crippen LogP contribution in [0.5, 0.6) is 0 Å². The van der Waals surface area contributed by atoms with Crippen molar-refractivity contribution in [2.45, 2.75) is 30.4 Å². The minimum atomic E-state index is -3.53. The molecule has 0 spiro atoms. The van der Waals surface area contributed by atoms with Crippen LogP contribution in [0.15, 0.2) is 34.4 Å². The molecule has 1 aromatic rings. The standard InChI is InChI=1S/C15H27N5O2S2/c1-5-17-14(19-12-15(2,3)23-4)18-9-10-20-24(21,22)13-7-6-8-16-11-13/h6-8,11,20H,5,9-10,12H2,1-4H3,(H2,17,18,19). The summed E-state index contributed by atoms with van der Waals surface area (Å²) in [5, 5.41) is 6.28. The van der Waals surface area contributed by atoms with Crippen molar-refractivity contribution in [3.63, 3.8) is 0 Å². The predicted octanol–water partition coefficient (Wildman–Crippen LogP) is 1.06. The van der Waals surface area contributed by atoms with E-state index < -0.39 is 10.0 Å². The number of thioether (sulfide) groups is 1. The fraction of sp³-hybridized carbons (Fsp3) is 0.600. The van der Waals surface area contributed by atoms with Crippen molar-refractivity contribution >= 4 is 27.7 Å². The normalized spacial score (nSPS) is 12.9. The molecule has 0 aliphatic rings. The molecule has 3 N–H and O–H groups in total. The number of aromatic nitrogens is 1. The number of nitrogens with zero attached hydrogens (tertiary/aromatic N) is 2. The molecule has 0 aliphatic heterocycles. The number of hydrogen-bond donors (Lipinski definition) is 3. The Kier molecular flexibility index (Phi) is 8.51. The lowest BCUT2D eigenvalue weighted by atomic mass is 10.2. The van der Waals surface area contributed by atoms with E-state index in [1.165, 1.54) is 18.5 Å². The average molecular weight is 374 g/mol. The van der Waals surface area contributed by atoms with Crippen molar-refractivity contribution in [2.24, 2.45) is 4.99 Å². The van der Waals surface area contributed by atoms with Crippen molar-refractivity contribution in [1.82, 2.24) is 20.3 Å². The van der Waals surface area contributed by atoms with Gasteiger partial charge >= 0.3 is 0 Å². The topological polar surface area (TPSA) is 95.5 Å². The summed E-state index contributed by atoms with van der Waals surface area (Å²) in [5.74, 6) is 0.681. The minimum absolute atomic E-state index is 0.0598. The fourth-order valence-corrected chi connectivity index (χ4v) is 2.82. The molecule has 136 valence electrons. The fourth-order valence-electron chi connectivity index (χ4n) is 1.63. The van der Waals surface area contributed by atoms with Gasteiger partial charge in [-0.3, -0.25) is 9.98 Å².